The zero-order valence-electron chi connectivity index (χ0n) is 19.9. The monoisotopic (exact) mass is 479 g/mol. The number of esters is 1. The summed E-state index contributed by atoms with van der Waals surface area (Å²) in [5.41, 5.74) is 1.69. The van der Waals surface area contributed by atoms with Gasteiger partial charge in [0.25, 0.3) is 11.8 Å². The van der Waals surface area contributed by atoms with Crippen LogP contribution in [-0.4, -0.2) is 78.9 Å². The van der Waals surface area contributed by atoms with Crippen LogP contribution in [0.5, 0.6) is 5.75 Å². The SMILES string of the molecule is CC(=O)Oc1ccc(N2C(=O)CC(N(CCN3CCOCC3)C(=O)c3ccccc3C)C2=O)cc1. The van der Waals surface area contributed by atoms with Crippen molar-refractivity contribution in [3.8, 4) is 5.75 Å². The topological polar surface area (TPSA) is 96.5 Å². The Balaban J connectivity index is 1.57. The number of carbonyl (C=O) groups excluding carboxylic acids is 4. The maximum Gasteiger partial charge on any atom is 0.308 e. The predicted molar refractivity (Wildman–Crippen MR) is 128 cm³/mol. The highest BCUT2D eigenvalue weighted by atomic mass is 16.5. The Labute approximate surface area is 204 Å². The second-order valence-corrected chi connectivity index (χ2v) is 8.64. The first-order chi connectivity index (χ1) is 16.8. The van der Waals surface area contributed by atoms with E-state index in [2.05, 4.69) is 4.90 Å². The van der Waals surface area contributed by atoms with Crippen LogP contribution in [0.3, 0.4) is 0 Å². The van der Waals surface area contributed by atoms with Crippen LogP contribution in [0.15, 0.2) is 48.5 Å². The van der Waals surface area contributed by atoms with Gasteiger partial charge in [-0.15, -0.1) is 0 Å². The van der Waals surface area contributed by atoms with Crippen LogP contribution in [0.2, 0.25) is 0 Å². The molecule has 2 fully saturated rings. The van der Waals surface area contributed by atoms with Gasteiger partial charge in [-0.1, -0.05) is 18.2 Å². The predicted octanol–water partition coefficient (Wildman–Crippen LogP) is 2.03. The number of ether oxygens (including phenoxy) is 2. The van der Waals surface area contributed by atoms with Crippen LogP contribution >= 0.6 is 0 Å². The maximum absolute atomic E-state index is 13.6. The van der Waals surface area contributed by atoms with Crippen molar-refractivity contribution < 1.29 is 28.7 Å². The molecule has 0 bridgehead atoms. The maximum atomic E-state index is 13.6. The molecule has 35 heavy (non-hydrogen) atoms. The molecule has 9 nitrogen and oxygen atoms in total. The molecule has 4 rings (SSSR count). The number of imide groups is 1. The van der Waals surface area contributed by atoms with Crippen molar-refractivity contribution in [2.75, 3.05) is 44.3 Å². The van der Waals surface area contributed by atoms with Gasteiger partial charge in [-0.2, -0.15) is 0 Å². The van der Waals surface area contributed by atoms with Gasteiger partial charge in [0.15, 0.2) is 0 Å². The van der Waals surface area contributed by atoms with Crippen molar-refractivity contribution in [2.45, 2.75) is 26.3 Å². The van der Waals surface area contributed by atoms with E-state index in [1.807, 2.05) is 19.1 Å². The number of amides is 3. The summed E-state index contributed by atoms with van der Waals surface area (Å²) in [5.74, 6) is -1.24. The molecule has 0 aromatic heterocycles. The second-order valence-electron chi connectivity index (χ2n) is 8.64. The van der Waals surface area contributed by atoms with Gasteiger partial charge < -0.3 is 14.4 Å². The lowest BCUT2D eigenvalue weighted by atomic mass is 10.1. The van der Waals surface area contributed by atoms with Gasteiger partial charge in [0.1, 0.15) is 11.8 Å². The van der Waals surface area contributed by atoms with E-state index in [0.717, 1.165) is 23.6 Å². The van der Waals surface area contributed by atoms with Crippen LogP contribution in [0.1, 0.15) is 29.3 Å². The molecule has 3 amide bonds. The van der Waals surface area contributed by atoms with E-state index in [-0.39, 0.29) is 18.2 Å². The second kappa shape index (κ2) is 10.8. The molecule has 2 aliphatic heterocycles. The largest absolute Gasteiger partial charge is 0.427 e. The molecule has 2 aliphatic rings. The summed E-state index contributed by atoms with van der Waals surface area (Å²) in [5, 5.41) is 0. The average Bonchev–Trinajstić information content (AvgIpc) is 3.14. The zero-order valence-corrected chi connectivity index (χ0v) is 19.9. The van der Waals surface area contributed by atoms with E-state index < -0.39 is 17.9 Å². The summed E-state index contributed by atoms with van der Waals surface area (Å²) >= 11 is 0. The molecule has 9 heteroatoms. The molecular weight excluding hydrogens is 450 g/mol. The highest BCUT2D eigenvalue weighted by Gasteiger charge is 2.44. The highest BCUT2D eigenvalue weighted by Crippen LogP contribution is 2.28. The Morgan fingerprint density at radius 2 is 1.74 bits per heavy atom. The van der Waals surface area contributed by atoms with Crippen LogP contribution in [-0.2, 0) is 19.1 Å². The molecule has 1 atom stereocenters. The van der Waals surface area contributed by atoms with Crippen molar-refractivity contribution in [2.24, 2.45) is 0 Å². The van der Waals surface area contributed by atoms with Gasteiger partial charge in [-0.3, -0.25) is 24.1 Å². The number of hydrogen-bond acceptors (Lipinski definition) is 7. The standard InChI is InChI=1S/C26H29N3O6/c1-18-5-3-4-6-22(18)25(32)28(12-11-27-13-15-34-16-14-27)23-17-24(31)29(26(23)33)20-7-9-21(10-8-20)35-19(2)30/h3-10,23H,11-17H2,1-2H3. The van der Waals surface area contributed by atoms with E-state index >= 15 is 0 Å². The normalized spacial score (nSPS) is 18.6. The minimum atomic E-state index is -0.899. The van der Waals surface area contributed by atoms with Crippen LogP contribution in [0, 0.1) is 6.92 Å². The van der Waals surface area contributed by atoms with Crippen molar-refractivity contribution >= 4 is 29.4 Å². The molecule has 184 valence electrons. The lowest BCUT2D eigenvalue weighted by molar-refractivity contribution is -0.132. The molecule has 2 aromatic carbocycles. The first-order valence-electron chi connectivity index (χ1n) is 11.7. The summed E-state index contributed by atoms with van der Waals surface area (Å²) < 4.78 is 10.4. The zero-order chi connectivity index (χ0) is 24.9. The fraction of sp³-hybridized carbons (Fsp3) is 0.385. The summed E-state index contributed by atoms with van der Waals surface area (Å²) in [6.45, 7) is 6.81. The third-order valence-electron chi connectivity index (χ3n) is 6.25. The summed E-state index contributed by atoms with van der Waals surface area (Å²) in [4.78, 5) is 56.1. The molecular formula is C26H29N3O6. The summed E-state index contributed by atoms with van der Waals surface area (Å²) in [6, 6.07) is 12.5. The molecule has 0 aliphatic carbocycles. The van der Waals surface area contributed by atoms with Crippen molar-refractivity contribution in [1.29, 1.82) is 0 Å². The minimum absolute atomic E-state index is 0.0920. The van der Waals surface area contributed by atoms with E-state index in [1.165, 1.54) is 24.0 Å². The number of anilines is 1. The average molecular weight is 480 g/mol. The Kier molecular flexibility index (Phi) is 7.57. The third-order valence-corrected chi connectivity index (χ3v) is 6.25. The molecule has 2 saturated heterocycles. The first kappa shape index (κ1) is 24.6. The van der Waals surface area contributed by atoms with Crippen molar-refractivity contribution in [1.82, 2.24) is 9.80 Å². The lowest BCUT2D eigenvalue weighted by Crippen LogP contribution is -2.49. The molecule has 2 heterocycles. The van der Waals surface area contributed by atoms with Gasteiger partial charge >= 0.3 is 5.97 Å². The van der Waals surface area contributed by atoms with E-state index in [0.29, 0.717) is 43.3 Å². The molecule has 1 unspecified atom stereocenters. The summed E-state index contributed by atoms with van der Waals surface area (Å²) in [7, 11) is 0. The molecule has 0 N–H and O–H groups in total. The Bertz CT molecular complexity index is 1110. The number of carbonyl (C=O) groups is 4. The van der Waals surface area contributed by atoms with E-state index in [1.54, 1.807) is 24.3 Å². The van der Waals surface area contributed by atoms with Gasteiger partial charge in [-0.25, -0.2) is 4.90 Å². The molecule has 0 saturated carbocycles. The molecule has 0 spiro atoms. The van der Waals surface area contributed by atoms with Crippen LogP contribution < -0.4 is 9.64 Å². The van der Waals surface area contributed by atoms with E-state index in [9.17, 15) is 19.2 Å². The van der Waals surface area contributed by atoms with Gasteiger partial charge in [-0.05, 0) is 42.8 Å². The number of benzene rings is 2. The summed E-state index contributed by atoms with van der Waals surface area (Å²) in [6.07, 6.45) is -0.0920. The highest BCUT2D eigenvalue weighted by molar-refractivity contribution is 6.23. The third kappa shape index (κ3) is 5.58. The van der Waals surface area contributed by atoms with Crippen LogP contribution in [0.25, 0.3) is 0 Å². The Morgan fingerprint density at radius 1 is 1.06 bits per heavy atom. The number of nitrogens with zero attached hydrogens (tertiary/aromatic N) is 3. The number of morpholine rings is 1. The van der Waals surface area contributed by atoms with Gasteiger partial charge in [0.2, 0.25) is 5.91 Å². The van der Waals surface area contributed by atoms with Crippen molar-refractivity contribution in [3.63, 3.8) is 0 Å². The fourth-order valence-corrected chi connectivity index (χ4v) is 4.40. The number of hydrogen-bond donors (Lipinski definition) is 0. The Hall–Kier alpha value is -3.56. The van der Waals surface area contributed by atoms with Gasteiger partial charge in [0.05, 0.1) is 25.3 Å². The molecule has 2 aromatic rings. The Morgan fingerprint density at radius 3 is 2.40 bits per heavy atom. The van der Waals surface area contributed by atoms with Gasteiger partial charge in [0, 0.05) is 38.7 Å². The number of rotatable bonds is 7. The smallest absolute Gasteiger partial charge is 0.308 e. The first-order valence-corrected chi connectivity index (χ1v) is 11.7. The minimum Gasteiger partial charge on any atom is -0.427 e. The van der Waals surface area contributed by atoms with Crippen molar-refractivity contribution in [3.05, 3.63) is 59.7 Å². The van der Waals surface area contributed by atoms with Crippen LogP contribution in [0.4, 0.5) is 5.69 Å². The lowest BCUT2D eigenvalue weighted by Gasteiger charge is -2.32. The number of aryl methyl sites for hydroxylation is 1. The van der Waals surface area contributed by atoms with E-state index in [4.69, 9.17) is 9.47 Å². The fourth-order valence-electron chi connectivity index (χ4n) is 4.40. The quantitative estimate of drug-likeness (QED) is 0.341. The molecule has 0 radical (unpaired) electrons.